The second-order valence-corrected chi connectivity index (χ2v) is 11.4. The van der Waals surface area contributed by atoms with E-state index in [4.69, 9.17) is 9.47 Å². The van der Waals surface area contributed by atoms with Crippen LogP contribution in [0.15, 0.2) is 65.0 Å². The van der Waals surface area contributed by atoms with Crippen molar-refractivity contribution in [2.24, 2.45) is 0 Å². The van der Waals surface area contributed by atoms with Crippen LogP contribution in [0.4, 0.5) is 10.7 Å². The highest BCUT2D eigenvalue weighted by molar-refractivity contribution is 7.20. The number of ether oxygens (including phenoxy) is 2. The van der Waals surface area contributed by atoms with E-state index >= 15 is 0 Å². The van der Waals surface area contributed by atoms with E-state index in [1.807, 2.05) is 31.2 Å². The second kappa shape index (κ2) is 12.6. The minimum Gasteiger partial charge on any atom is -0.495 e. The van der Waals surface area contributed by atoms with E-state index in [2.05, 4.69) is 15.6 Å². The summed E-state index contributed by atoms with van der Waals surface area (Å²) in [6.07, 6.45) is 1.28. The summed E-state index contributed by atoms with van der Waals surface area (Å²) in [6.45, 7) is 5.19. The SMILES string of the molecule is CCOC(=O)c1c(-c2ccc(C)cc2)csc1NC(=O)Cn1cnc2sc(C(=O)Nc3ccccc3OC)c(C)c2c1=O. The van der Waals surface area contributed by atoms with Crippen molar-refractivity contribution in [3.8, 4) is 16.9 Å². The predicted octanol–water partition coefficient (Wildman–Crippen LogP) is 5.88. The molecular weight excluding hydrogens is 588 g/mol. The van der Waals surface area contributed by atoms with E-state index in [9.17, 15) is 19.2 Å². The smallest absolute Gasteiger partial charge is 0.341 e. The van der Waals surface area contributed by atoms with Gasteiger partial charge in [-0.05, 0) is 44.0 Å². The molecule has 0 atom stereocenters. The van der Waals surface area contributed by atoms with Crippen LogP contribution < -0.4 is 20.9 Å². The molecule has 0 saturated carbocycles. The standard InChI is InChI=1S/C31H28N4O6S2/c1-5-41-31(39)25-20(19-12-10-17(2)11-13-19)15-42-29(25)34-23(36)14-35-16-32-28-24(30(35)38)18(3)26(43-28)27(37)33-21-8-6-7-9-22(21)40-4/h6-13,15-16H,5,14H2,1-4H3,(H,33,37)(H,34,36). The fourth-order valence-electron chi connectivity index (χ4n) is 4.54. The predicted molar refractivity (Wildman–Crippen MR) is 169 cm³/mol. The van der Waals surface area contributed by atoms with E-state index in [0.717, 1.165) is 22.5 Å². The molecule has 0 aliphatic carbocycles. The summed E-state index contributed by atoms with van der Waals surface area (Å²) in [5, 5.41) is 7.96. The number of rotatable bonds is 9. The van der Waals surface area contributed by atoms with Crippen LogP contribution >= 0.6 is 22.7 Å². The van der Waals surface area contributed by atoms with Crippen molar-refractivity contribution in [1.82, 2.24) is 9.55 Å². The van der Waals surface area contributed by atoms with Gasteiger partial charge in [-0.3, -0.25) is 19.0 Å². The molecule has 2 N–H and O–H groups in total. The van der Waals surface area contributed by atoms with E-state index in [-0.39, 0.29) is 24.1 Å². The monoisotopic (exact) mass is 616 g/mol. The summed E-state index contributed by atoms with van der Waals surface area (Å²) in [6, 6.07) is 14.7. The second-order valence-electron chi connectivity index (χ2n) is 9.56. The molecule has 0 spiro atoms. The van der Waals surface area contributed by atoms with E-state index in [0.29, 0.717) is 37.3 Å². The largest absolute Gasteiger partial charge is 0.495 e. The Morgan fingerprint density at radius 3 is 2.49 bits per heavy atom. The van der Waals surface area contributed by atoms with Gasteiger partial charge < -0.3 is 20.1 Å². The molecule has 2 amide bonds. The molecule has 0 bridgehead atoms. The number of anilines is 2. The van der Waals surface area contributed by atoms with Crippen molar-refractivity contribution in [3.63, 3.8) is 0 Å². The first-order valence-electron chi connectivity index (χ1n) is 13.3. The number of hydrogen-bond acceptors (Lipinski definition) is 9. The molecule has 2 aromatic carbocycles. The van der Waals surface area contributed by atoms with Crippen LogP contribution in [0.5, 0.6) is 5.75 Å². The molecule has 0 radical (unpaired) electrons. The van der Waals surface area contributed by atoms with Crippen molar-refractivity contribution in [1.29, 1.82) is 0 Å². The molecule has 10 nitrogen and oxygen atoms in total. The van der Waals surface area contributed by atoms with Crippen LogP contribution in [0.2, 0.25) is 0 Å². The van der Waals surface area contributed by atoms with Crippen molar-refractivity contribution in [2.75, 3.05) is 24.4 Å². The number of methoxy groups -OCH3 is 1. The van der Waals surface area contributed by atoms with Crippen LogP contribution in [-0.2, 0) is 16.1 Å². The van der Waals surface area contributed by atoms with Crippen LogP contribution in [0, 0.1) is 13.8 Å². The third kappa shape index (κ3) is 6.06. The maximum atomic E-state index is 13.4. The van der Waals surface area contributed by atoms with Gasteiger partial charge in [0.1, 0.15) is 27.7 Å². The number of para-hydroxylation sites is 2. The summed E-state index contributed by atoms with van der Waals surface area (Å²) >= 11 is 2.29. The molecule has 0 unspecified atom stereocenters. The number of carbonyl (C=O) groups is 3. The van der Waals surface area contributed by atoms with E-state index < -0.39 is 23.3 Å². The fraction of sp³-hybridized carbons (Fsp3) is 0.194. The summed E-state index contributed by atoms with van der Waals surface area (Å²) in [7, 11) is 1.51. The summed E-state index contributed by atoms with van der Waals surface area (Å²) < 4.78 is 11.8. The number of aromatic nitrogens is 2. The molecule has 0 fully saturated rings. The molecular formula is C31H28N4O6S2. The Balaban J connectivity index is 1.40. The van der Waals surface area contributed by atoms with Crippen LogP contribution in [0.3, 0.4) is 0 Å². The molecule has 43 heavy (non-hydrogen) atoms. The zero-order valence-corrected chi connectivity index (χ0v) is 25.5. The number of fused-ring (bicyclic) bond motifs is 1. The molecule has 0 saturated heterocycles. The Labute approximate surface area is 254 Å². The first-order chi connectivity index (χ1) is 20.7. The van der Waals surface area contributed by atoms with Gasteiger partial charge >= 0.3 is 5.97 Å². The summed E-state index contributed by atoms with van der Waals surface area (Å²) in [5.74, 6) is -0.970. The average molecular weight is 617 g/mol. The molecule has 220 valence electrons. The summed E-state index contributed by atoms with van der Waals surface area (Å²) in [5.41, 5.74) is 3.29. The number of esters is 1. The van der Waals surface area contributed by atoms with Gasteiger partial charge in [-0.15, -0.1) is 22.7 Å². The molecule has 3 heterocycles. The Kier molecular flexibility index (Phi) is 8.69. The topological polar surface area (TPSA) is 129 Å². The molecule has 0 aliphatic rings. The van der Waals surface area contributed by atoms with Gasteiger partial charge in [0.25, 0.3) is 11.5 Å². The summed E-state index contributed by atoms with van der Waals surface area (Å²) in [4.78, 5) is 57.7. The quantitative estimate of drug-likeness (QED) is 0.198. The van der Waals surface area contributed by atoms with Crippen LogP contribution in [0.1, 0.15) is 38.1 Å². The highest BCUT2D eigenvalue weighted by atomic mass is 32.1. The normalized spacial score (nSPS) is 10.9. The average Bonchev–Trinajstić information content (AvgIpc) is 3.56. The third-order valence-electron chi connectivity index (χ3n) is 6.68. The van der Waals surface area contributed by atoms with Crippen LogP contribution in [-0.4, -0.2) is 41.1 Å². The zero-order chi connectivity index (χ0) is 30.7. The minimum atomic E-state index is -0.553. The minimum absolute atomic E-state index is 0.176. The highest BCUT2D eigenvalue weighted by Gasteiger charge is 2.24. The van der Waals surface area contributed by atoms with Gasteiger partial charge in [-0.2, -0.15) is 0 Å². The lowest BCUT2D eigenvalue weighted by atomic mass is 10.0. The zero-order valence-electron chi connectivity index (χ0n) is 23.8. The molecule has 12 heteroatoms. The lowest BCUT2D eigenvalue weighted by Gasteiger charge is -2.10. The van der Waals surface area contributed by atoms with Gasteiger partial charge in [-0.25, -0.2) is 9.78 Å². The number of carbonyl (C=O) groups excluding carboxylic acids is 3. The molecule has 5 rings (SSSR count). The number of benzene rings is 2. The van der Waals surface area contributed by atoms with E-state index in [1.54, 1.807) is 43.5 Å². The maximum Gasteiger partial charge on any atom is 0.341 e. The van der Waals surface area contributed by atoms with Gasteiger partial charge in [0, 0.05) is 10.9 Å². The Hall–Kier alpha value is -4.81. The van der Waals surface area contributed by atoms with Crippen molar-refractivity contribution in [2.45, 2.75) is 27.3 Å². The lowest BCUT2D eigenvalue weighted by molar-refractivity contribution is -0.116. The number of nitrogens with one attached hydrogen (secondary N) is 2. The maximum absolute atomic E-state index is 13.4. The van der Waals surface area contributed by atoms with Crippen molar-refractivity contribution >= 4 is 61.4 Å². The Bertz CT molecular complexity index is 1910. The number of amides is 2. The first kappa shape index (κ1) is 29.7. The van der Waals surface area contributed by atoms with Gasteiger partial charge in [-0.1, -0.05) is 42.0 Å². The highest BCUT2D eigenvalue weighted by Crippen LogP contribution is 2.36. The van der Waals surface area contributed by atoms with E-state index in [1.165, 1.54) is 29.3 Å². The third-order valence-corrected chi connectivity index (χ3v) is 8.77. The van der Waals surface area contributed by atoms with Gasteiger partial charge in [0.05, 0.1) is 36.0 Å². The molecule has 3 aromatic heterocycles. The fourth-order valence-corrected chi connectivity index (χ4v) is 6.55. The van der Waals surface area contributed by atoms with Crippen molar-refractivity contribution < 1.29 is 23.9 Å². The Morgan fingerprint density at radius 2 is 1.77 bits per heavy atom. The van der Waals surface area contributed by atoms with Gasteiger partial charge in [0.15, 0.2) is 0 Å². The number of aryl methyl sites for hydroxylation is 2. The first-order valence-corrected chi connectivity index (χ1v) is 15.0. The number of thiophene rings is 2. The Morgan fingerprint density at radius 1 is 1.02 bits per heavy atom. The molecule has 0 aliphatic heterocycles. The lowest BCUT2D eigenvalue weighted by Crippen LogP contribution is -2.28. The van der Waals surface area contributed by atoms with Gasteiger partial charge in [0.2, 0.25) is 5.91 Å². The van der Waals surface area contributed by atoms with Crippen molar-refractivity contribution in [3.05, 3.63) is 92.2 Å². The van der Waals surface area contributed by atoms with Crippen LogP contribution in [0.25, 0.3) is 21.3 Å². The number of hydrogen-bond donors (Lipinski definition) is 2. The number of nitrogens with zero attached hydrogens (tertiary/aromatic N) is 2. The molecule has 5 aromatic rings.